The summed E-state index contributed by atoms with van der Waals surface area (Å²) in [5.74, 6) is 0. The Morgan fingerprint density at radius 1 is 1.54 bits per heavy atom. The third-order valence-electron chi connectivity index (χ3n) is 1.93. The van der Waals surface area contributed by atoms with E-state index < -0.39 is 0 Å². The van der Waals surface area contributed by atoms with Crippen LogP contribution in [-0.2, 0) is 6.42 Å². The van der Waals surface area contributed by atoms with Crippen LogP contribution in [0.5, 0.6) is 0 Å². The normalized spacial score (nSPS) is 11.8. The molecule has 0 fully saturated rings. The second kappa shape index (κ2) is 4.77. The molecule has 0 aliphatic heterocycles. The van der Waals surface area contributed by atoms with Crippen LogP contribution in [0.15, 0.2) is 36.2 Å². The second-order valence-electron chi connectivity index (χ2n) is 3.14. The maximum Gasteiger partial charge on any atom is 0.0875 e. The average Bonchev–Trinajstić information content (AvgIpc) is 2.14. The third kappa shape index (κ3) is 2.99. The molecule has 1 nitrogen and oxygen atoms in total. The smallest absolute Gasteiger partial charge is 0.0875 e. The zero-order valence-electron chi connectivity index (χ0n) is 7.76. The van der Waals surface area contributed by atoms with Gasteiger partial charge >= 0.3 is 0 Å². The molecule has 0 amide bonds. The minimum Gasteiger partial charge on any atom is -0.327 e. The summed E-state index contributed by atoms with van der Waals surface area (Å²) >= 11 is 0. The molecule has 2 heteroatoms. The fraction of sp³-hybridized carbons (Fsp3) is 0.273. The predicted molar refractivity (Wildman–Crippen MR) is 53.1 cm³/mol. The number of aryl methyl sites for hydroxylation is 1. The molecular weight excluding hydrogens is 165 g/mol. The molecule has 2 N–H and O–H groups in total. The molecule has 0 spiro atoms. The highest BCUT2D eigenvalue weighted by molar-refractivity contribution is 5.26. The number of benzene rings is 1. The molecule has 0 bridgehead atoms. The summed E-state index contributed by atoms with van der Waals surface area (Å²) in [6.07, 6.45) is 1.21. The number of hydrogen-bond acceptors (Lipinski definition) is 1. The number of nitrogens with two attached hydrogens (primary N) is 1. The van der Waals surface area contributed by atoms with Gasteiger partial charge in [-0.15, -0.1) is 0 Å². The van der Waals surface area contributed by atoms with Gasteiger partial charge in [-0.2, -0.15) is 0 Å². The lowest BCUT2D eigenvalue weighted by molar-refractivity contribution is 0.699. The van der Waals surface area contributed by atoms with Gasteiger partial charge in [-0.3, -0.25) is 0 Å². The predicted octanol–water partition coefficient (Wildman–Crippen LogP) is 2.35. The summed E-state index contributed by atoms with van der Waals surface area (Å²) in [4.78, 5) is 0. The molecule has 0 saturated carbocycles. The van der Waals surface area contributed by atoms with Crippen molar-refractivity contribution in [2.45, 2.75) is 13.3 Å². The highest BCUT2D eigenvalue weighted by atomic mass is 19.1. The molecule has 0 heterocycles. The topological polar surface area (TPSA) is 26.0 Å². The van der Waals surface area contributed by atoms with Crippen molar-refractivity contribution in [3.05, 3.63) is 47.3 Å². The summed E-state index contributed by atoms with van der Waals surface area (Å²) in [5.41, 5.74) is 8.28. The molecule has 1 aromatic rings. The van der Waals surface area contributed by atoms with E-state index in [0.29, 0.717) is 18.3 Å². The van der Waals surface area contributed by atoms with E-state index in [1.54, 1.807) is 0 Å². The molecule has 0 atom stereocenters. The van der Waals surface area contributed by atoms with E-state index >= 15 is 0 Å². The van der Waals surface area contributed by atoms with Crippen LogP contribution in [0.4, 0.5) is 4.39 Å². The summed E-state index contributed by atoms with van der Waals surface area (Å²) in [6, 6.07) is 8.01. The van der Waals surface area contributed by atoms with Crippen molar-refractivity contribution in [3.8, 4) is 0 Å². The first-order chi connectivity index (χ1) is 6.26. The fourth-order valence-corrected chi connectivity index (χ4v) is 1.24. The SMILES string of the molecule is Cc1cccc(C/C(=C/F)CN)c1. The van der Waals surface area contributed by atoms with Gasteiger partial charge in [-0.1, -0.05) is 29.8 Å². The van der Waals surface area contributed by atoms with Crippen LogP contribution in [-0.4, -0.2) is 6.54 Å². The second-order valence-corrected chi connectivity index (χ2v) is 3.14. The lowest BCUT2D eigenvalue weighted by Crippen LogP contribution is -2.05. The molecule has 0 aromatic heterocycles. The lowest BCUT2D eigenvalue weighted by atomic mass is 10.0. The fourth-order valence-electron chi connectivity index (χ4n) is 1.24. The summed E-state index contributed by atoms with van der Waals surface area (Å²) in [6.45, 7) is 2.30. The van der Waals surface area contributed by atoms with E-state index in [2.05, 4.69) is 0 Å². The van der Waals surface area contributed by atoms with Gasteiger partial charge in [0.2, 0.25) is 0 Å². The van der Waals surface area contributed by atoms with Gasteiger partial charge in [-0.05, 0) is 24.5 Å². The zero-order valence-corrected chi connectivity index (χ0v) is 7.76. The Labute approximate surface area is 78.1 Å². The van der Waals surface area contributed by atoms with Gasteiger partial charge < -0.3 is 5.73 Å². The first kappa shape index (κ1) is 9.93. The Morgan fingerprint density at radius 3 is 2.85 bits per heavy atom. The van der Waals surface area contributed by atoms with Crippen LogP contribution in [0.3, 0.4) is 0 Å². The summed E-state index contributed by atoms with van der Waals surface area (Å²) in [7, 11) is 0. The molecule has 70 valence electrons. The van der Waals surface area contributed by atoms with Crippen LogP contribution in [0.1, 0.15) is 11.1 Å². The van der Waals surface area contributed by atoms with Crippen LogP contribution < -0.4 is 5.73 Å². The molecule has 1 aromatic carbocycles. The molecular formula is C11H14FN. The van der Waals surface area contributed by atoms with Crippen molar-refractivity contribution < 1.29 is 4.39 Å². The molecule has 0 unspecified atom stereocenters. The minimum absolute atomic E-state index is 0.282. The maximum absolute atomic E-state index is 12.2. The van der Waals surface area contributed by atoms with Crippen LogP contribution in [0.25, 0.3) is 0 Å². The van der Waals surface area contributed by atoms with Crippen molar-refractivity contribution in [2.75, 3.05) is 6.54 Å². The molecule has 0 saturated heterocycles. The van der Waals surface area contributed by atoms with E-state index in [0.717, 1.165) is 5.56 Å². The van der Waals surface area contributed by atoms with E-state index in [4.69, 9.17) is 5.73 Å². The van der Waals surface area contributed by atoms with Crippen molar-refractivity contribution >= 4 is 0 Å². The molecule has 13 heavy (non-hydrogen) atoms. The van der Waals surface area contributed by atoms with Gasteiger partial charge in [0, 0.05) is 6.54 Å². The quantitative estimate of drug-likeness (QED) is 0.757. The van der Waals surface area contributed by atoms with Crippen molar-refractivity contribution in [2.24, 2.45) is 5.73 Å². The Balaban J connectivity index is 2.74. The van der Waals surface area contributed by atoms with E-state index in [1.165, 1.54) is 5.56 Å². The molecule has 0 aliphatic carbocycles. The Hall–Kier alpha value is -1.15. The van der Waals surface area contributed by atoms with E-state index in [-0.39, 0.29) is 6.54 Å². The monoisotopic (exact) mass is 179 g/mol. The molecule has 0 radical (unpaired) electrons. The van der Waals surface area contributed by atoms with E-state index in [1.807, 2.05) is 31.2 Å². The number of rotatable bonds is 3. The number of hydrogen-bond donors (Lipinski definition) is 1. The van der Waals surface area contributed by atoms with Crippen LogP contribution >= 0.6 is 0 Å². The van der Waals surface area contributed by atoms with Gasteiger partial charge in [-0.25, -0.2) is 4.39 Å². The highest BCUT2D eigenvalue weighted by Gasteiger charge is 1.97. The first-order valence-electron chi connectivity index (χ1n) is 4.30. The Bertz CT molecular complexity index is 305. The number of halogens is 1. The largest absolute Gasteiger partial charge is 0.327 e. The average molecular weight is 179 g/mol. The highest BCUT2D eigenvalue weighted by Crippen LogP contribution is 2.09. The maximum atomic E-state index is 12.2. The zero-order chi connectivity index (χ0) is 9.68. The minimum atomic E-state index is 0.282. The standard InChI is InChI=1S/C11H14FN/c1-9-3-2-4-10(5-9)6-11(7-12)8-13/h2-5,7H,6,8,13H2,1H3/b11-7-. The van der Waals surface area contributed by atoms with Gasteiger partial charge in [0.25, 0.3) is 0 Å². The van der Waals surface area contributed by atoms with E-state index in [9.17, 15) is 4.39 Å². The molecule has 1 rings (SSSR count). The Morgan fingerprint density at radius 2 is 2.31 bits per heavy atom. The van der Waals surface area contributed by atoms with Crippen LogP contribution in [0.2, 0.25) is 0 Å². The van der Waals surface area contributed by atoms with Gasteiger partial charge in [0.15, 0.2) is 0 Å². The van der Waals surface area contributed by atoms with Crippen molar-refractivity contribution in [3.63, 3.8) is 0 Å². The molecule has 0 aliphatic rings. The summed E-state index contributed by atoms with van der Waals surface area (Å²) < 4.78 is 12.2. The lowest BCUT2D eigenvalue weighted by Gasteiger charge is -2.03. The van der Waals surface area contributed by atoms with Crippen LogP contribution in [0, 0.1) is 6.92 Å². The Kier molecular flexibility index (Phi) is 3.65. The van der Waals surface area contributed by atoms with Gasteiger partial charge in [0.05, 0.1) is 6.33 Å². The first-order valence-corrected chi connectivity index (χ1v) is 4.30. The van der Waals surface area contributed by atoms with Crippen molar-refractivity contribution in [1.29, 1.82) is 0 Å². The summed E-state index contributed by atoms with van der Waals surface area (Å²) in [5, 5.41) is 0. The van der Waals surface area contributed by atoms with Crippen molar-refractivity contribution in [1.82, 2.24) is 0 Å². The van der Waals surface area contributed by atoms with Gasteiger partial charge in [0.1, 0.15) is 0 Å². The third-order valence-corrected chi connectivity index (χ3v) is 1.93.